The first-order valence-electron chi connectivity index (χ1n) is 6.81. The number of nitrogens with zero attached hydrogens (tertiary/aromatic N) is 3. The second kappa shape index (κ2) is 6.53. The van der Waals surface area contributed by atoms with Gasteiger partial charge in [0.2, 0.25) is 0 Å². The second-order valence-corrected chi connectivity index (χ2v) is 5.67. The first-order chi connectivity index (χ1) is 11.1. The molecule has 2 heterocycles. The normalized spacial score (nSPS) is 11.6. The Morgan fingerprint density at radius 1 is 1.35 bits per heavy atom. The number of anilines is 1. The van der Waals surface area contributed by atoms with Gasteiger partial charge in [0.05, 0.1) is 6.54 Å². The van der Waals surface area contributed by atoms with Crippen LogP contribution in [-0.4, -0.2) is 15.5 Å². The first-order valence-corrected chi connectivity index (χ1v) is 7.69. The van der Waals surface area contributed by atoms with Gasteiger partial charge < -0.3 is 10.3 Å². The van der Waals surface area contributed by atoms with E-state index in [4.69, 9.17) is 5.73 Å². The Balaban J connectivity index is 1.91. The van der Waals surface area contributed by atoms with Crippen LogP contribution in [-0.2, 0) is 6.54 Å². The fraction of sp³-hybridized carbons (Fsp3) is 0.0625. The zero-order valence-electron chi connectivity index (χ0n) is 12.0. The highest BCUT2D eigenvalue weighted by molar-refractivity contribution is 7.07. The average molecular weight is 328 g/mol. The number of hydrogen-bond acceptors (Lipinski definition) is 4. The topological polar surface area (TPSA) is 73.3 Å². The van der Waals surface area contributed by atoms with Gasteiger partial charge in [-0.2, -0.15) is 4.99 Å². The fourth-order valence-corrected chi connectivity index (χ4v) is 2.75. The Bertz CT molecular complexity index is 916. The van der Waals surface area contributed by atoms with E-state index in [9.17, 15) is 9.18 Å². The predicted molar refractivity (Wildman–Crippen MR) is 86.4 cm³/mol. The number of nitrogens with two attached hydrogens (primary N) is 1. The van der Waals surface area contributed by atoms with Crippen molar-refractivity contribution in [2.75, 3.05) is 5.73 Å². The molecule has 0 saturated carbocycles. The van der Waals surface area contributed by atoms with Gasteiger partial charge in [0.1, 0.15) is 11.5 Å². The lowest BCUT2D eigenvalue weighted by molar-refractivity contribution is 0.0993. The third-order valence-corrected chi connectivity index (χ3v) is 3.95. The number of hydrogen-bond donors (Lipinski definition) is 1. The van der Waals surface area contributed by atoms with Gasteiger partial charge in [0, 0.05) is 29.0 Å². The minimum atomic E-state index is -0.484. The van der Waals surface area contributed by atoms with E-state index in [1.807, 2.05) is 0 Å². The highest BCUT2D eigenvalue weighted by atomic mass is 32.1. The Labute approximate surface area is 135 Å². The van der Waals surface area contributed by atoms with Crippen LogP contribution in [0.3, 0.4) is 0 Å². The molecule has 7 heteroatoms. The third-order valence-electron chi connectivity index (χ3n) is 3.16. The van der Waals surface area contributed by atoms with E-state index in [1.54, 1.807) is 40.4 Å². The van der Waals surface area contributed by atoms with Crippen molar-refractivity contribution in [3.8, 4) is 0 Å². The number of benzene rings is 1. The van der Waals surface area contributed by atoms with Crippen LogP contribution in [0.4, 0.5) is 10.1 Å². The van der Waals surface area contributed by atoms with Gasteiger partial charge >= 0.3 is 0 Å². The van der Waals surface area contributed by atoms with Crippen molar-refractivity contribution in [1.29, 1.82) is 0 Å². The summed E-state index contributed by atoms with van der Waals surface area (Å²) in [5.74, 6) is -0.775. The lowest BCUT2D eigenvalue weighted by atomic mass is 10.2. The van der Waals surface area contributed by atoms with Crippen molar-refractivity contribution in [2.24, 2.45) is 4.99 Å². The highest BCUT2D eigenvalue weighted by Crippen LogP contribution is 2.08. The molecule has 0 aliphatic heterocycles. The first kappa shape index (κ1) is 15.1. The number of carbonyl (C=O) groups excluding carboxylic acids is 1. The van der Waals surface area contributed by atoms with Gasteiger partial charge in [-0.25, -0.2) is 4.39 Å². The largest absolute Gasteiger partial charge is 0.399 e. The number of halogens is 1. The Morgan fingerprint density at radius 2 is 2.17 bits per heavy atom. The van der Waals surface area contributed by atoms with Crippen LogP contribution < -0.4 is 10.5 Å². The summed E-state index contributed by atoms with van der Waals surface area (Å²) in [7, 11) is 0. The lowest BCUT2D eigenvalue weighted by Crippen LogP contribution is -2.18. The molecule has 5 nitrogen and oxygen atoms in total. The molecule has 2 N–H and O–H groups in total. The standard InChI is InChI=1S/C16H13FN4OS/c17-13-4-2-1-3-11(13)10-21-7-8-23-16(21)20-15(22)14-9-12(18)5-6-19-14/h1-9H,10H2,(H2,18,19). The van der Waals surface area contributed by atoms with Gasteiger partial charge in [0.25, 0.3) is 5.91 Å². The van der Waals surface area contributed by atoms with Crippen molar-refractivity contribution >= 4 is 22.9 Å². The van der Waals surface area contributed by atoms with Crippen molar-refractivity contribution in [1.82, 2.24) is 9.55 Å². The highest BCUT2D eigenvalue weighted by Gasteiger charge is 2.08. The van der Waals surface area contributed by atoms with Gasteiger partial charge in [-0.1, -0.05) is 18.2 Å². The molecule has 2 aromatic heterocycles. The van der Waals surface area contributed by atoms with Gasteiger partial charge in [0.15, 0.2) is 4.80 Å². The molecule has 0 saturated heterocycles. The van der Waals surface area contributed by atoms with E-state index in [0.717, 1.165) is 0 Å². The molecule has 0 aliphatic rings. The maximum atomic E-state index is 13.8. The van der Waals surface area contributed by atoms with Crippen LogP contribution in [0.1, 0.15) is 16.1 Å². The summed E-state index contributed by atoms with van der Waals surface area (Å²) in [6.45, 7) is 0.298. The molecule has 23 heavy (non-hydrogen) atoms. The number of thiazole rings is 1. The van der Waals surface area contributed by atoms with Crippen molar-refractivity contribution in [3.05, 3.63) is 76.0 Å². The number of amides is 1. The number of pyridine rings is 1. The smallest absolute Gasteiger partial charge is 0.298 e. The molecule has 0 spiro atoms. The molecular formula is C16H13FN4OS. The van der Waals surface area contributed by atoms with Crippen molar-refractivity contribution < 1.29 is 9.18 Å². The maximum absolute atomic E-state index is 13.8. The van der Waals surface area contributed by atoms with Crippen molar-refractivity contribution in [2.45, 2.75) is 6.54 Å². The lowest BCUT2D eigenvalue weighted by Gasteiger charge is -2.04. The van der Waals surface area contributed by atoms with Gasteiger partial charge in [-0.15, -0.1) is 11.3 Å². The minimum Gasteiger partial charge on any atom is -0.399 e. The van der Waals surface area contributed by atoms with E-state index in [-0.39, 0.29) is 11.5 Å². The van der Waals surface area contributed by atoms with Crippen LogP contribution in [0.5, 0.6) is 0 Å². The Hall–Kier alpha value is -2.80. The molecule has 0 radical (unpaired) electrons. The van der Waals surface area contributed by atoms with E-state index in [1.165, 1.54) is 29.7 Å². The van der Waals surface area contributed by atoms with Crippen molar-refractivity contribution in [3.63, 3.8) is 0 Å². The van der Waals surface area contributed by atoms with Crippen LogP contribution in [0.25, 0.3) is 0 Å². The molecule has 0 unspecified atom stereocenters. The van der Waals surface area contributed by atoms with Crippen LogP contribution in [0, 0.1) is 5.82 Å². The summed E-state index contributed by atoms with van der Waals surface area (Å²) in [4.78, 5) is 20.7. The van der Waals surface area contributed by atoms with Gasteiger partial charge in [-0.3, -0.25) is 9.78 Å². The van der Waals surface area contributed by atoms with Crippen LogP contribution in [0.2, 0.25) is 0 Å². The summed E-state index contributed by atoms with van der Waals surface area (Å²) < 4.78 is 15.5. The van der Waals surface area contributed by atoms with Crippen LogP contribution >= 0.6 is 11.3 Å². The number of carbonyl (C=O) groups is 1. The number of nitrogen functional groups attached to an aromatic ring is 1. The quantitative estimate of drug-likeness (QED) is 0.802. The summed E-state index contributed by atoms with van der Waals surface area (Å²) in [6.07, 6.45) is 3.22. The molecule has 3 rings (SSSR count). The predicted octanol–water partition coefficient (Wildman–Crippen LogP) is 2.46. The summed E-state index contributed by atoms with van der Waals surface area (Å²) in [5, 5.41) is 1.79. The molecular weight excluding hydrogens is 315 g/mol. The fourth-order valence-electron chi connectivity index (χ4n) is 2.03. The monoisotopic (exact) mass is 328 g/mol. The summed E-state index contributed by atoms with van der Waals surface area (Å²) in [6, 6.07) is 9.58. The summed E-state index contributed by atoms with van der Waals surface area (Å²) in [5.41, 5.74) is 6.79. The minimum absolute atomic E-state index is 0.177. The molecule has 3 aromatic rings. The Morgan fingerprint density at radius 3 is 2.96 bits per heavy atom. The molecule has 1 amide bonds. The van der Waals surface area contributed by atoms with E-state index < -0.39 is 5.91 Å². The van der Waals surface area contributed by atoms with E-state index in [2.05, 4.69) is 9.98 Å². The Kier molecular flexibility index (Phi) is 4.29. The zero-order valence-corrected chi connectivity index (χ0v) is 12.8. The summed E-state index contributed by atoms with van der Waals surface area (Å²) >= 11 is 1.30. The maximum Gasteiger partial charge on any atom is 0.298 e. The molecule has 116 valence electrons. The molecule has 0 atom stereocenters. The van der Waals surface area contributed by atoms with E-state index >= 15 is 0 Å². The average Bonchev–Trinajstić information content (AvgIpc) is 2.96. The van der Waals surface area contributed by atoms with E-state index in [0.29, 0.717) is 22.6 Å². The molecule has 0 aliphatic carbocycles. The van der Waals surface area contributed by atoms with Crippen LogP contribution in [0.15, 0.2) is 59.2 Å². The SMILES string of the molecule is Nc1ccnc(C(=O)N=c2sccn2Cc2ccccc2F)c1. The number of rotatable bonds is 3. The molecule has 0 fully saturated rings. The zero-order chi connectivity index (χ0) is 16.2. The second-order valence-electron chi connectivity index (χ2n) is 4.80. The third kappa shape index (κ3) is 3.51. The molecule has 1 aromatic carbocycles. The van der Waals surface area contributed by atoms with Gasteiger partial charge in [-0.05, 0) is 18.2 Å². The number of aromatic nitrogens is 2. The molecule has 0 bridgehead atoms.